The molecule has 0 saturated heterocycles. The molecule has 0 heterocycles. The molecule has 0 aliphatic carbocycles. The molecule has 0 aromatic heterocycles. The zero-order chi connectivity index (χ0) is 12.0. The van der Waals surface area contributed by atoms with E-state index in [1.54, 1.807) is 7.11 Å². The SMILES string of the molecule is CCC(N)C(=O)NCc1cccc(OC)c1. The highest BCUT2D eigenvalue weighted by atomic mass is 16.5. The molecule has 0 spiro atoms. The summed E-state index contributed by atoms with van der Waals surface area (Å²) in [5.41, 5.74) is 6.60. The van der Waals surface area contributed by atoms with Crippen molar-refractivity contribution in [3.63, 3.8) is 0 Å². The van der Waals surface area contributed by atoms with Gasteiger partial charge in [-0.05, 0) is 24.1 Å². The van der Waals surface area contributed by atoms with Crippen LogP contribution in [0.3, 0.4) is 0 Å². The van der Waals surface area contributed by atoms with Gasteiger partial charge < -0.3 is 15.8 Å². The maximum absolute atomic E-state index is 11.4. The second-order valence-electron chi connectivity index (χ2n) is 3.58. The molecule has 1 atom stereocenters. The number of carbonyl (C=O) groups is 1. The largest absolute Gasteiger partial charge is 0.497 e. The van der Waals surface area contributed by atoms with E-state index in [1.165, 1.54) is 0 Å². The van der Waals surface area contributed by atoms with Crippen LogP contribution in [0.2, 0.25) is 0 Å². The Balaban J connectivity index is 2.51. The Hall–Kier alpha value is -1.55. The fourth-order valence-electron chi connectivity index (χ4n) is 1.29. The zero-order valence-corrected chi connectivity index (χ0v) is 9.69. The van der Waals surface area contributed by atoms with Crippen LogP contribution >= 0.6 is 0 Å². The highest BCUT2D eigenvalue weighted by molar-refractivity contribution is 5.81. The monoisotopic (exact) mass is 222 g/mol. The first-order valence-corrected chi connectivity index (χ1v) is 5.33. The predicted octanol–water partition coefficient (Wildman–Crippen LogP) is 1.05. The van der Waals surface area contributed by atoms with Gasteiger partial charge in [0.05, 0.1) is 13.2 Å². The number of nitrogens with two attached hydrogens (primary N) is 1. The van der Waals surface area contributed by atoms with E-state index < -0.39 is 6.04 Å². The number of hydrogen-bond acceptors (Lipinski definition) is 3. The van der Waals surface area contributed by atoms with Crippen LogP contribution in [0.5, 0.6) is 5.75 Å². The van der Waals surface area contributed by atoms with E-state index in [-0.39, 0.29) is 5.91 Å². The first-order valence-electron chi connectivity index (χ1n) is 5.33. The topological polar surface area (TPSA) is 64.4 Å². The minimum atomic E-state index is -0.425. The smallest absolute Gasteiger partial charge is 0.237 e. The molecular weight excluding hydrogens is 204 g/mol. The van der Waals surface area contributed by atoms with Crippen LogP contribution in [0.25, 0.3) is 0 Å². The fraction of sp³-hybridized carbons (Fsp3) is 0.417. The van der Waals surface area contributed by atoms with Gasteiger partial charge in [0.15, 0.2) is 0 Å². The molecule has 1 aromatic rings. The lowest BCUT2D eigenvalue weighted by Gasteiger charge is -2.10. The van der Waals surface area contributed by atoms with E-state index in [0.29, 0.717) is 13.0 Å². The Labute approximate surface area is 95.8 Å². The van der Waals surface area contributed by atoms with Crippen LogP contribution in [0.15, 0.2) is 24.3 Å². The first-order chi connectivity index (χ1) is 7.67. The number of amides is 1. The number of ether oxygens (including phenoxy) is 1. The van der Waals surface area contributed by atoms with Crippen LogP contribution in [-0.2, 0) is 11.3 Å². The molecule has 0 aliphatic rings. The van der Waals surface area contributed by atoms with Gasteiger partial charge in [-0.1, -0.05) is 19.1 Å². The van der Waals surface area contributed by atoms with Crippen molar-refractivity contribution in [1.29, 1.82) is 0 Å². The van der Waals surface area contributed by atoms with E-state index in [1.807, 2.05) is 31.2 Å². The Morgan fingerprint density at radius 2 is 2.31 bits per heavy atom. The zero-order valence-electron chi connectivity index (χ0n) is 9.69. The molecule has 3 N–H and O–H groups in total. The second kappa shape index (κ2) is 6.12. The van der Waals surface area contributed by atoms with Crippen molar-refractivity contribution in [3.8, 4) is 5.75 Å². The minimum Gasteiger partial charge on any atom is -0.497 e. The first kappa shape index (κ1) is 12.5. The molecule has 1 aromatic carbocycles. The van der Waals surface area contributed by atoms with Crippen molar-refractivity contribution < 1.29 is 9.53 Å². The summed E-state index contributed by atoms with van der Waals surface area (Å²) in [4.78, 5) is 11.4. The molecule has 16 heavy (non-hydrogen) atoms. The van der Waals surface area contributed by atoms with Crippen molar-refractivity contribution >= 4 is 5.91 Å². The van der Waals surface area contributed by atoms with Crippen LogP contribution < -0.4 is 15.8 Å². The molecule has 1 rings (SSSR count). The van der Waals surface area contributed by atoms with Gasteiger partial charge >= 0.3 is 0 Å². The quantitative estimate of drug-likeness (QED) is 0.782. The normalized spacial score (nSPS) is 11.9. The highest BCUT2D eigenvalue weighted by Crippen LogP contribution is 2.12. The molecule has 88 valence electrons. The van der Waals surface area contributed by atoms with E-state index in [4.69, 9.17) is 10.5 Å². The van der Waals surface area contributed by atoms with Crippen molar-refractivity contribution in [1.82, 2.24) is 5.32 Å². The Bertz CT molecular complexity index is 353. The lowest BCUT2D eigenvalue weighted by molar-refractivity contribution is -0.122. The average Bonchev–Trinajstić information content (AvgIpc) is 2.35. The third-order valence-electron chi connectivity index (χ3n) is 2.38. The Morgan fingerprint density at radius 1 is 1.56 bits per heavy atom. The third kappa shape index (κ3) is 3.55. The molecule has 1 amide bonds. The number of hydrogen-bond donors (Lipinski definition) is 2. The molecule has 0 bridgehead atoms. The van der Waals surface area contributed by atoms with Crippen molar-refractivity contribution in [2.24, 2.45) is 5.73 Å². The van der Waals surface area contributed by atoms with Gasteiger partial charge in [0.25, 0.3) is 0 Å². The Kier molecular flexibility index (Phi) is 4.79. The van der Waals surface area contributed by atoms with E-state index in [9.17, 15) is 4.79 Å². The standard InChI is InChI=1S/C12H18N2O2/c1-3-11(13)12(15)14-8-9-5-4-6-10(7-9)16-2/h4-7,11H,3,8,13H2,1-2H3,(H,14,15). The van der Waals surface area contributed by atoms with Crippen molar-refractivity contribution in [2.75, 3.05) is 7.11 Å². The summed E-state index contributed by atoms with van der Waals surface area (Å²) in [6, 6.07) is 7.15. The predicted molar refractivity (Wildman–Crippen MR) is 63.1 cm³/mol. The van der Waals surface area contributed by atoms with E-state index >= 15 is 0 Å². The van der Waals surface area contributed by atoms with Gasteiger partial charge in [-0.2, -0.15) is 0 Å². The summed E-state index contributed by atoms with van der Waals surface area (Å²) >= 11 is 0. The van der Waals surface area contributed by atoms with Gasteiger partial charge in [-0.25, -0.2) is 0 Å². The number of nitrogens with one attached hydrogen (secondary N) is 1. The van der Waals surface area contributed by atoms with Crippen LogP contribution in [0.4, 0.5) is 0 Å². The third-order valence-corrected chi connectivity index (χ3v) is 2.38. The van der Waals surface area contributed by atoms with Gasteiger partial charge in [0.1, 0.15) is 5.75 Å². The molecule has 0 fully saturated rings. The van der Waals surface area contributed by atoms with Gasteiger partial charge in [0.2, 0.25) is 5.91 Å². The van der Waals surface area contributed by atoms with Gasteiger partial charge in [-0.15, -0.1) is 0 Å². The van der Waals surface area contributed by atoms with Crippen LogP contribution in [0, 0.1) is 0 Å². The summed E-state index contributed by atoms with van der Waals surface area (Å²) in [5.74, 6) is 0.664. The van der Waals surface area contributed by atoms with Crippen molar-refractivity contribution in [3.05, 3.63) is 29.8 Å². The maximum atomic E-state index is 11.4. The summed E-state index contributed by atoms with van der Waals surface area (Å²) < 4.78 is 5.09. The van der Waals surface area contributed by atoms with Gasteiger partial charge in [0, 0.05) is 6.54 Å². The van der Waals surface area contributed by atoms with E-state index in [0.717, 1.165) is 11.3 Å². The van der Waals surface area contributed by atoms with Crippen LogP contribution in [0.1, 0.15) is 18.9 Å². The lowest BCUT2D eigenvalue weighted by Crippen LogP contribution is -2.39. The maximum Gasteiger partial charge on any atom is 0.237 e. The number of benzene rings is 1. The second-order valence-corrected chi connectivity index (χ2v) is 3.58. The van der Waals surface area contributed by atoms with Crippen molar-refractivity contribution in [2.45, 2.75) is 25.9 Å². The lowest BCUT2D eigenvalue weighted by atomic mass is 10.2. The van der Waals surface area contributed by atoms with Gasteiger partial charge in [-0.3, -0.25) is 4.79 Å². The number of rotatable bonds is 5. The highest BCUT2D eigenvalue weighted by Gasteiger charge is 2.09. The molecule has 4 nitrogen and oxygen atoms in total. The van der Waals surface area contributed by atoms with E-state index in [2.05, 4.69) is 5.32 Å². The molecule has 0 radical (unpaired) electrons. The summed E-state index contributed by atoms with van der Waals surface area (Å²) in [6.07, 6.45) is 0.643. The molecular formula is C12H18N2O2. The number of carbonyl (C=O) groups excluding carboxylic acids is 1. The summed E-state index contributed by atoms with van der Waals surface area (Å²) in [5, 5.41) is 2.78. The molecule has 0 aliphatic heterocycles. The summed E-state index contributed by atoms with van der Waals surface area (Å²) in [6.45, 7) is 2.36. The molecule has 1 unspecified atom stereocenters. The average molecular weight is 222 g/mol. The minimum absolute atomic E-state index is 0.120. The molecule has 4 heteroatoms. The molecule has 0 saturated carbocycles. The summed E-state index contributed by atoms with van der Waals surface area (Å²) in [7, 11) is 1.62. The number of methoxy groups -OCH3 is 1. The Morgan fingerprint density at radius 3 is 2.94 bits per heavy atom. The van der Waals surface area contributed by atoms with Crippen LogP contribution in [-0.4, -0.2) is 19.1 Å². The fourth-order valence-corrected chi connectivity index (χ4v) is 1.29.